The molecule has 2 rings (SSSR count). The number of rotatable bonds is 6. The van der Waals surface area contributed by atoms with Gasteiger partial charge < -0.3 is 10.6 Å². The van der Waals surface area contributed by atoms with Crippen LogP contribution in [-0.2, 0) is 19.0 Å². The highest BCUT2D eigenvalue weighted by atomic mass is 127. The van der Waals surface area contributed by atoms with E-state index in [1.54, 1.807) is 0 Å². The zero-order valence-corrected chi connectivity index (χ0v) is 17.4. The zero-order chi connectivity index (χ0) is 19.2. The van der Waals surface area contributed by atoms with Crippen molar-refractivity contribution in [1.82, 2.24) is 15.6 Å². The average molecular weight is 520 g/mol. The van der Waals surface area contributed by atoms with E-state index in [9.17, 15) is 22.0 Å². The topological polar surface area (TPSA) is 49.3 Å². The average Bonchev–Trinajstić information content (AvgIpc) is 3.05. The summed E-state index contributed by atoms with van der Waals surface area (Å²) in [6, 6.07) is 3.25. The first-order valence-corrected chi connectivity index (χ1v) is 8.57. The summed E-state index contributed by atoms with van der Waals surface area (Å²) in [7, 11) is 1.53. The molecule has 1 aromatic heterocycles. The summed E-state index contributed by atoms with van der Waals surface area (Å²) < 4.78 is 64.1. The van der Waals surface area contributed by atoms with E-state index in [1.807, 2.05) is 0 Å². The quantitative estimate of drug-likeness (QED) is 0.262. The Kier molecular flexibility index (Phi) is 9.36. The summed E-state index contributed by atoms with van der Waals surface area (Å²) in [5.74, 6) is -0.583. The van der Waals surface area contributed by atoms with E-state index < -0.39 is 23.5 Å². The molecule has 0 aliphatic heterocycles. The van der Waals surface area contributed by atoms with Gasteiger partial charge in [-0.3, -0.25) is 4.99 Å². The van der Waals surface area contributed by atoms with Crippen LogP contribution in [-0.4, -0.2) is 31.1 Å². The minimum absolute atomic E-state index is 0. The molecule has 2 aromatic rings. The first-order valence-electron chi connectivity index (χ1n) is 7.69. The van der Waals surface area contributed by atoms with Gasteiger partial charge in [-0.2, -0.15) is 13.2 Å². The Morgan fingerprint density at radius 2 is 1.81 bits per heavy atom. The number of halogens is 6. The van der Waals surface area contributed by atoms with Crippen molar-refractivity contribution in [2.45, 2.75) is 19.0 Å². The van der Waals surface area contributed by atoms with Crippen molar-refractivity contribution in [2.75, 3.05) is 20.1 Å². The maximum absolute atomic E-state index is 13.5. The molecular weight excluding hydrogens is 502 g/mol. The number of hydrogen-bond acceptors (Lipinski definition) is 3. The maximum atomic E-state index is 13.5. The number of benzene rings is 1. The molecule has 27 heavy (non-hydrogen) atoms. The molecule has 0 atom stereocenters. The van der Waals surface area contributed by atoms with Gasteiger partial charge >= 0.3 is 6.18 Å². The van der Waals surface area contributed by atoms with Crippen LogP contribution in [0.2, 0.25) is 0 Å². The van der Waals surface area contributed by atoms with Gasteiger partial charge in [-0.05, 0) is 30.2 Å². The fourth-order valence-corrected chi connectivity index (χ4v) is 2.92. The van der Waals surface area contributed by atoms with Gasteiger partial charge in [0.05, 0.1) is 5.01 Å². The molecule has 1 aromatic carbocycles. The molecule has 0 saturated heterocycles. The van der Waals surface area contributed by atoms with Crippen molar-refractivity contribution in [3.8, 4) is 0 Å². The molecule has 1 heterocycles. The Hall–Kier alpha value is -1.50. The molecule has 0 amide bonds. The number of hydrogen-bond donors (Lipinski definition) is 2. The van der Waals surface area contributed by atoms with E-state index >= 15 is 0 Å². The second-order valence-corrected chi connectivity index (χ2v) is 6.23. The molecule has 0 radical (unpaired) electrons. The van der Waals surface area contributed by atoms with Gasteiger partial charge in [0.25, 0.3) is 0 Å². The predicted octanol–water partition coefficient (Wildman–Crippen LogP) is 4.01. The summed E-state index contributed by atoms with van der Waals surface area (Å²) in [4.78, 5) is 7.50. The monoisotopic (exact) mass is 520 g/mol. The van der Waals surface area contributed by atoms with Gasteiger partial charge in [0.15, 0.2) is 11.7 Å². The molecule has 0 fully saturated rings. The zero-order valence-electron chi connectivity index (χ0n) is 14.2. The van der Waals surface area contributed by atoms with Crippen molar-refractivity contribution in [3.63, 3.8) is 0 Å². The molecule has 0 saturated carbocycles. The fourth-order valence-electron chi connectivity index (χ4n) is 2.11. The van der Waals surface area contributed by atoms with Gasteiger partial charge in [-0.15, -0.1) is 35.3 Å². The molecule has 0 spiro atoms. The molecule has 11 heteroatoms. The molecule has 0 aliphatic carbocycles. The minimum Gasteiger partial charge on any atom is -0.356 e. The summed E-state index contributed by atoms with van der Waals surface area (Å²) in [6.45, 7) is 0.647. The van der Waals surface area contributed by atoms with Crippen LogP contribution in [0, 0.1) is 11.6 Å². The van der Waals surface area contributed by atoms with Crippen LogP contribution in [0.4, 0.5) is 22.0 Å². The summed E-state index contributed by atoms with van der Waals surface area (Å²) in [5.41, 5.74) is -0.646. The van der Waals surface area contributed by atoms with Gasteiger partial charge in [-0.25, -0.2) is 13.8 Å². The van der Waals surface area contributed by atoms with Crippen LogP contribution in [0.15, 0.2) is 28.6 Å². The lowest BCUT2D eigenvalue weighted by atomic mass is 10.1. The van der Waals surface area contributed by atoms with E-state index in [2.05, 4.69) is 20.6 Å². The third kappa shape index (κ3) is 7.56. The van der Waals surface area contributed by atoms with E-state index in [-0.39, 0.29) is 36.0 Å². The highest BCUT2D eigenvalue weighted by molar-refractivity contribution is 14.0. The Balaban J connectivity index is 0.00000364. The second kappa shape index (κ2) is 10.7. The number of guanidine groups is 1. The summed E-state index contributed by atoms with van der Waals surface area (Å²) in [5, 5.41) is 7.21. The number of alkyl halides is 3. The smallest absolute Gasteiger partial charge is 0.356 e. The van der Waals surface area contributed by atoms with Crippen molar-refractivity contribution >= 4 is 41.3 Å². The SMILES string of the molecule is CN=C(NCCc1nc(C(F)(F)F)cs1)NCCc1cc(F)ccc1F.I. The number of thiazole rings is 1. The summed E-state index contributed by atoms with van der Waals surface area (Å²) >= 11 is 0.945. The van der Waals surface area contributed by atoms with Gasteiger partial charge in [0.1, 0.15) is 11.6 Å². The van der Waals surface area contributed by atoms with Crippen LogP contribution in [0.1, 0.15) is 16.3 Å². The van der Waals surface area contributed by atoms with E-state index in [0.29, 0.717) is 30.5 Å². The van der Waals surface area contributed by atoms with E-state index in [4.69, 9.17) is 0 Å². The third-order valence-corrected chi connectivity index (χ3v) is 4.30. The Bertz CT molecular complexity index is 764. The molecule has 4 nitrogen and oxygen atoms in total. The highest BCUT2D eigenvalue weighted by Crippen LogP contribution is 2.29. The van der Waals surface area contributed by atoms with Crippen LogP contribution in [0.25, 0.3) is 0 Å². The van der Waals surface area contributed by atoms with Crippen molar-refractivity contribution in [3.05, 3.63) is 51.5 Å². The third-order valence-electron chi connectivity index (χ3n) is 3.39. The normalized spacial score (nSPS) is 11.9. The maximum Gasteiger partial charge on any atom is 0.434 e. The van der Waals surface area contributed by atoms with Gasteiger partial charge in [0, 0.05) is 31.9 Å². The first kappa shape index (κ1) is 23.5. The fraction of sp³-hybridized carbons (Fsp3) is 0.375. The Morgan fingerprint density at radius 3 is 2.41 bits per heavy atom. The van der Waals surface area contributed by atoms with E-state index in [1.165, 1.54) is 7.05 Å². The number of nitrogens with zero attached hydrogens (tertiary/aromatic N) is 2. The predicted molar refractivity (Wildman–Crippen MR) is 106 cm³/mol. The molecule has 2 N–H and O–H groups in total. The molecule has 0 unspecified atom stereocenters. The molecule has 0 aliphatic rings. The van der Waals surface area contributed by atoms with Crippen molar-refractivity contribution in [1.29, 1.82) is 0 Å². The molecule has 150 valence electrons. The lowest BCUT2D eigenvalue weighted by molar-refractivity contribution is -0.140. The molecule has 0 bridgehead atoms. The van der Waals surface area contributed by atoms with Crippen LogP contribution in [0.3, 0.4) is 0 Å². The second-order valence-electron chi connectivity index (χ2n) is 5.29. The lowest BCUT2D eigenvalue weighted by Gasteiger charge is -2.11. The lowest BCUT2D eigenvalue weighted by Crippen LogP contribution is -2.39. The largest absolute Gasteiger partial charge is 0.434 e. The van der Waals surface area contributed by atoms with Crippen LogP contribution in [0.5, 0.6) is 0 Å². The number of nitrogens with one attached hydrogen (secondary N) is 2. The van der Waals surface area contributed by atoms with Gasteiger partial charge in [-0.1, -0.05) is 0 Å². The highest BCUT2D eigenvalue weighted by Gasteiger charge is 2.33. The molecular formula is C16H18F5IN4S. The van der Waals surface area contributed by atoms with E-state index in [0.717, 1.165) is 34.9 Å². The summed E-state index contributed by atoms with van der Waals surface area (Å²) in [6.07, 6.45) is -3.88. The Labute approximate surface area is 174 Å². The Morgan fingerprint density at radius 1 is 1.15 bits per heavy atom. The van der Waals surface area contributed by atoms with Gasteiger partial charge in [0.2, 0.25) is 0 Å². The van der Waals surface area contributed by atoms with Crippen LogP contribution < -0.4 is 10.6 Å². The van der Waals surface area contributed by atoms with Crippen molar-refractivity contribution < 1.29 is 22.0 Å². The van der Waals surface area contributed by atoms with Crippen LogP contribution >= 0.6 is 35.3 Å². The minimum atomic E-state index is -4.44. The number of aliphatic imine (C=N–C) groups is 1. The number of aromatic nitrogens is 1. The standard InChI is InChI=1S/C16H17F5N4S.HI/c1-22-15(23-6-4-10-8-11(17)2-3-12(10)18)24-7-5-14-25-13(9-26-14)16(19,20)21;/h2-3,8-9H,4-7H2,1H3,(H2,22,23,24);1H. The van der Waals surface area contributed by atoms with Crippen molar-refractivity contribution in [2.24, 2.45) is 4.99 Å². The first-order chi connectivity index (χ1) is 12.3.